The second-order valence-corrected chi connectivity index (χ2v) is 6.46. The Kier molecular flexibility index (Phi) is 4.43. The van der Waals surface area contributed by atoms with Gasteiger partial charge in [-0.1, -0.05) is 42.3 Å². The lowest BCUT2D eigenvalue weighted by molar-refractivity contribution is -0.116. The van der Waals surface area contributed by atoms with E-state index in [0.29, 0.717) is 17.9 Å². The van der Waals surface area contributed by atoms with E-state index in [4.69, 9.17) is 15.9 Å². The summed E-state index contributed by atoms with van der Waals surface area (Å²) in [6.45, 7) is 0.176. The van der Waals surface area contributed by atoms with E-state index >= 15 is 0 Å². The van der Waals surface area contributed by atoms with Gasteiger partial charge in [0.05, 0.1) is 7.11 Å². The van der Waals surface area contributed by atoms with Crippen LogP contribution in [0, 0.1) is 12.3 Å². The highest BCUT2D eigenvalue weighted by atomic mass is 16.5. The molecule has 1 N–H and O–H groups in total. The number of carbonyl (C=O) groups excluding carboxylic acids is 1. The topological polar surface area (TPSA) is 47.6 Å². The summed E-state index contributed by atoms with van der Waals surface area (Å²) in [5.41, 5.74) is 3.00. The number of benzene rings is 3. The molecule has 4 heteroatoms. The van der Waals surface area contributed by atoms with Crippen molar-refractivity contribution in [3.63, 3.8) is 0 Å². The Morgan fingerprint density at radius 1 is 1.15 bits per heavy atom. The molecule has 0 bridgehead atoms. The molecule has 4 rings (SSSR count). The number of hydrogen-bond acceptors (Lipinski definition) is 3. The van der Waals surface area contributed by atoms with Gasteiger partial charge in [-0.2, -0.15) is 0 Å². The Hall–Kier alpha value is -3.45. The zero-order valence-electron chi connectivity index (χ0n) is 15.0. The Balaban J connectivity index is 1.85. The third-order valence-corrected chi connectivity index (χ3v) is 4.88. The maximum Gasteiger partial charge on any atom is 0.225 e. The highest BCUT2D eigenvalue weighted by Gasteiger charge is 2.29. The lowest BCUT2D eigenvalue weighted by Gasteiger charge is -2.28. The number of rotatable bonds is 4. The first-order valence-electron chi connectivity index (χ1n) is 8.77. The van der Waals surface area contributed by atoms with Gasteiger partial charge in [-0.15, -0.1) is 6.42 Å². The minimum absolute atomic E-state index is 0.00871. The molecule has 0 aliphatic carbocycles. The Bertz CT molecular complexity index is 1060. The van der Waals surface area contributed by atoms with Crippen molar-refractivity contribution >= 4 is 22.4 Å². The quantitative estimate of drug-likeness (QED) is 0.707. The minimum atomic E-state index is -0.0598. The first-order valence-corrected chi connectivity index (χ1v) is 8.77. The Morgan fingerprint density at radius 2 is 2.00 bits per heavy atom. The summed E-state index contributed by atoms with van der Waals surface area (Å²) in [7, 11) is 1.60. The van der Waals surface area contributed by atoms with Crippen LogP contribution >= 0.6 is 0 Å². The molecule has 4 nitrogen and oxygen atoms in total. The van der Waals surface area contributed by atoms with Crippen LogP contribution in [-0.4, -0.2) is 19.6 Å². The first-order chi connectivity index (χ1) is 13.2. The molecule has 0 aromatic heterocycles. The average Bonchev–Trinajstić information content (AvgIpc) is 2.71. The van der Waals surface area contributed by atoms with Crippen LogP contribution in [0.1, 0.15) is 23.5 Å². The summed E-state index contributed by atoms with van der Waals surface area (Å²) in [5, 5.41) is 5.30. The lowest BCUT2D eigenvalue weighted by atomic mass is 9.82. The number of ether oxygens (including phenoxy) is 2. The number of fused-ring (bicyclic) bond motifs is 3. The fraction of sp³-hybridized carbons (Fsp3) is 0.174. The maximum atomic E-state index is 12.3. The van der Waals surface area contributed by atoms with Crippen molar-refractivity contribution in [2.24, 2.45) is 0 Å². The molecule has 1 aliphatic rings. The van der Waals surface area contributed by atoms with Crippen molar-refractivity contribution in [1.29, 1.82) is 0 Å². The molecule has 0 radical (unpaired) electrons. The van der Waals surface area contributed by atoms with Crippen molar-refractivity contribution < 1.29 is 14.3 Å². The van der Waals surface area contributed by atoms with Gasteiger partial charge in [0.25, 0.3) is 0 Å². The summed E-state index contributed by atoms with van der Waals surface area (Å²) in [5.74, 6) is 3.60. The van der Waals surface area contributed by atoms with E-state index < -0.39 is 0 Å². The van der Waals surface area contributed by atoms with Crippen LogP contribution < -0.4 is 14.8 Å². The smallest absolute Gasteiger partial charge is 0.225 e. The zero-order valence-corrected chi connectivity index (χ0v) is 15.0. The van der Waals surface area contributed by atoms with E-state index in [-0.39, 0.29) is 18.4 Å². The van der Waals surface area contributed by atoms with Crippen LogP contribution in [0.2, 0.25) is 0 Å². The molecular formula is C23H19NO3. The van der Waals surface area contributed by atoms with Gasteiger partial charge in [0.15, 0.2) is 11.5 Å². The second-order valence-electron chi connectivity index (χ2n) is 6.46. The number of carbonyl (C=O) groups is 1. The molecule has 1 amide bonds. The normalized spacial score (nSPS) is 15.6. The van der Waals surface area contributed by atoms with Crippen molar-refractivity contribution in [3.05, 3.63) is 65.7 Å². The number of hydrogen-bond donors (Lipinski definition) is 1. The van der Waals surface area contributed by atoms with E-state index in [1.54, 1.807) is 7.11 Å². The fourth-order valence-corrected chi connectivity index (χ4v) is 3.69. The molecule has 1 atom stereocenters. The number of anilines is 1. The average molecular weight is 357 g/mol. The third-order valence-electron chi connectivity index (χ3n) is 4.88. The van der Waals surface area contributed by atoms with Crippen molar-refractivity contribution in [1.82, 2.24) is 0 Å². The van der Waals surface area contributed by atoms with Crippen LogP contribution in [-0.2, 0) is 4.79 Å². The van der Waals surface area contributed by atoms with Gasteiger partial charge in [-0.25, -0.2) is 0 Å². The molecule has 27 heavy (non-hydrogen) atoms. The van der Waals surface area contributed by atoms with Gasteiger partial charge < -0.3 is 14.8 Å². The Labute approximate surface area is 158 Å². The molecule has 1 unspecified atom stereocenters. The zero-order chi connectivity index (χ0) is 18.8. The second kappa shape index (κ2) is 7.05. The molecule has 0 spiro atoms. The summed E-state index contributed by atoms with van der Waals surface area (Å²) < 4.78 is 11.0. The van der Waals surface area contributed by atoms with Gasteiger partial charge in [0.1, 0.15) is 6.61 Å². The van der Waals surface area contributed by atoms with Crippen LogP contribution in [0.5, 0.6) is 11.5 Å². The molecule has 3 aromatic rings. The third kappa shape index (κ3) is 3.09. The summed E-state index contributed by atoms with van der Waals surface area (Å²) in [6.07, 6.45) is 5.66. The largest absolute Gasteiger partial charge is 0.493 e. The van der Waals surface area contributed by atoms with E-state index in [9.17, 15) is 4.79 Å². The fourth-order valence-electron chi connectivity index (χ4n) is 3.69. The Morgan fingerprint density at radius 3 is 2.81 bits per heavy atom. The predicted octanol–water partition coefficient (Wildman–Crippen LogP) is 4.33. The van der Waals surface area contributed by atoms with Gasteiger partial charge in [0, 0.05) is 18.0 Å². The number of terminal acetylenes is 1. The van der Waals surface area contributed by atoms with Crippen LogP contribution in [0.4, 0.5) is 5.69 Å². The van der Waals surface area contributed by atoms with E-state index in [2.05, 4.69) is 23.4 Å². The number of nitrogens with one attached hydrogen (secondary N) is 1. The SMILES string of the molecule is C#CCOc1ccc(C2CC(=O)Nc3ccc4ccccc4c32)cc1OC. The van der Waals surface area contributed by atoms with E-state index in [1.165, 1.54) is 0 Å². The molecule has 1 aliphatic heterocycles. The predicted molar refractivity (Wildman–Crippen MR) is 106 cm³/mol. The highest BCUT2D eigenvalue weighted by molar-refractivity contribution is 6.01. The van der Waals surface area contributed by atoms with E-state index in [0.717, 1.165) is 27.6 Å². The highest BCUT2D eigenvalue weighted by Crippen LogP contribution is 2.43. The standard InChI is InChI=1S/C23H19NO3/c1-3-12-27-20-11-9-16(13-21(20)26-2)18-14-22(25)24-19-10-8-15-6-4-5-7-17(15)23(18)19/h1,4-11,13,18H,12,14H2,2H3,(H,24,25). The van der Waals surface area contributed by atoms with Crippen LogP contribution in [0.3, 0.4) is 0 Å². The maximum absolute atomic E-state index is 12.3. The summed E-state index contributed by atoms with van der Waals surface area (Å²) in [4.78, 5) is 12.3. The number of amides is 1. The summed E-state index contributed by atoms with van der Waals surface area (Å²) >= 11 is 0. The van der Waals surface area contributed by atoms with Gasteiger partial charge >= 0.3 is 0 Å². The van der Waals surface area contributed by atoms with Crippen molar-refractivity contribution in [2.45, 2.75) is 12.3 Å². The van der Waals surface area contributed by atoms with Crippen LogP contribution in [0.15, 0.2) is 54.6 Å². The van der Waals surface area contributed by atoms with Crippen LogP contribution in [0.25, 0.3) is 10.8 Å². The summed E-state index contributed by atoms with van der Waals surface area (Å²) in [6, 6.07) is 18.0. The minimum Gasteiger partial charge on any atom is -0.493 e. The van der Waals surface area contributed by atoms with Gasteiger partial charge in [0.2, 0.25) is 5.91 Å². The van der Waals surface area contributed by atoms with Crippen molar-refractivity contribution in [3.8, 4) is 23.8 Å². The monoisotopic (exact) mass is 357 g/mol. The van der Waals surface area contributed by atoms with Gasteiger partial charge in [-0.05, 0) is 40.1 Å². The van der Waals surface area contributed by atoms with Crippen molar-refractivity contribution in [2.75, 3.05) is 19.0 Å². The lowest BCUT2D eigenvalue weighted by Crippen LogP contribution is -2.23. The molecule has 1 heterocycles. The molecule has 134 valence electrons. The molecule has 0 saturated heterocycles. The molecule has 3 aromatic carbocycles. The number of methoxy groups -OCH3 is 1. The first kappa shape index (κ1) is 17.0. The molecular weight excluding hydrogens is 338 g/mol. The molecule has 0 saturated carbocycles. The molecule has 0 fully saturated rings. The van der Waals surface area contributed by atoms with E-state index in [1.807, 2.05) is 42.5 Å². The van der Waals surface area contributed by atoms with Gasteiger partial charge in [-0.3, -0.25) is 4.79 Å².